The number of thioether (sulfide) groups is 1. The van der Waals surface area contributed by atoms with Gasteiger partial charge in [0.2, 0.25) is 0 Å². The van der Waals surface area contributed by atoms with Crippen molar-refractivity contribution in [3.63, 3.8) is 0 Å². The van der Waals surface area contributed by atoms with Crippen molar-refractivity contribution in [2.75, 3.05) is 5.75 Å². The minimum absolute atomic E-state index is 0.0803. The van der Waals surface area contributed by atoms with Crippen LogP contribution in [0.4, 0.5) is 0 Å². The van der Waals surface area contributed by atoms with Gasteiger partial charge in [-0.3, -0.25) is 4.79 Å². The van der Waals surface area contributed by atoms with Crippen molar-refractivity contribution in [2.45, 2.75) is 36.1 Å². The summed E-state index contributed by atoms with van der Waals surface area (Å²) in [5.74, 6) is 0.0940. The summed E-state index contributed by atoms with van der Waals surface area (Å²) < 4.78 is 0. The lowest BCUT2D eigenvalue weighted by Crippen LogP contribution is -2.51. The Morgan fingerprint density at radius 3 is 3.05 bits per heavy atom. The minimum Gasteiger partial charge on any atom is -0.480 e. The summed E-state index contributed by atoms with van der Waals surface area (Å²) in [5.41, 5.74) is 5.00. The molecule has 0 heterocycles. The molecule has 19 heavy (non-hydrogen) atoms. The molecule has 1 aliphatic rings. The third-order valence-corrected chi connectivity index (χ3v) is 5.06. The lowest BCUT2D eigenvalue weighted by Gasteiger charge is -2.26. The third-order valence-electron chi connectivity index (χ3n) is 3.80. The summed E-state index contributed by atoms with van der Waals surface area (Å²) in [6.45, 7) is 0. The van der Waals surface area contributed by atoms with E-state index in [1.54, 1.807) is 11.8 Å². The Labute approximate surface area is 122 Å². The van der Waals surface area contributed by atoms with Crippen LogP contribution in [0.2, 0.25) is 5.02 Å². The largest absolute Gasteiger partial charge is 0.480 e. The number of carbonyl (C=O) groups is 1. The monoisotopic (exact) mass is 299 g/mol. The zero-order valence-electron chi connectivity index (χ0n) is 10.6. The second kappa shape index (κ2) is 6.16. The van der Waals surface area contributed by atoms with Crippen molar-refractivity contribution in [1.29, 1.82) is 0 Å². The fraction of sp³-hybridized carbons (Fsp3) is 0.500. The highest BCUT2D eigenvalue weighted by Crippen LogP contribution is 2.37. The van der Waals surface area contributed by atoms with Crippen LogP contribution < -0.4 is 5.73 Å². The first-order valence-electron chi connectivity index (χ1n) is 6.43. The van der Waals surface area contributed by atoms with Gasteiger partial charge in [0.1, 0.15) is 5.54 Å². The van der Waals surface area contributed by atoms with Crippen molar-refractivity contribution in [2.24, 2.45) is 11.7 Å². The summed E-state index contributed by atoms with van der Waals surface area (Å²) in [4.78, 5) is 12.4. The van der Waals surface area contributed by atoms with Crippen LogP contribution in [0.1, 0.15) is 25.7 Å². The highest BCUT2D eigenvalue weighted by molar-refractivity contribution is 7.99. The molecule has 0 radical (unpaired) electrons. The molecule has 1 aromatic rings. The quantitative estimate of drug-likeness (QED) is 0.818. The Balaban J connectivity index is 1.87. The van der Waals surface area contributed by atoms with Crippen LogP contribution in [0.3, 0.4) is 0 Å². The Kier molecular flexibility index (Phi) is 4.76. The van der Waals surface area contributed by atoms with Gasteiger partial charge >= 0.3 is 5.97 Å². The molecule has 2 atom stereocenters. The van der Waals surface area contributed by atoms with Crippen LogP contribution in [0, 0.1) is 5.92 Å². The van der Waals surface area contributed by atoms with E-state index in [0.29, 0.717) is 6.42 Å². The number of nitrogens with two attached hydrogens (primary N) is 1. The summed E-state index contributed by atoms with van der Waals surface area (Å²) >= 11 is 7.63. The summed E-state index contributed by atoms with van der Waals surface area (Å²) in [6.07, 6.45) is 3.25. The molecule has 0 aromatic heterocycles. The number of carboxylic acids is 1. The fourth-order valence-corrected chi connectivity index (χ4v) is 3.94. The number of aliphatic carboxylic acids is 1. The highest BCUT2D eigenvalue weighted by Gasteiger charge is 2.45. The molecular formula is C14H18ClNO2S. The molecule has 0 spiro atoms. The van der Waals surface area contributed by atoms with Gasteiger partial charge in [-0.15, -0.1) is 11.8 Å². The second-order valence-corrected chi connectivity index (χ2v) is 6.63. The lowest BCUT2D eigenvalue weighted by molar-refractivity contribution is -0.144. The van der Waals surface area contributed by atoms with Gasteiger partial charge in [0.15, 0.2) is 0 Å². The maximum atomic E-state index is 11.3. The van der Waals surface area contributed by atoms with Gasteiger partial charge in [0.05, 0.1) is 0 Å². The van der Waals surface area contributed by atoms with Gasteiger partial charge in [-0.1, -0.05) is 24.1 Å². The number of hydrogen-bond acceptors (Lipinski definition) is 3. The van der Waals surface area contributed by atoms with E-state index in [-0.39, 0.29) is 5.92 Å². The van der Waals surface area contributed by atoms with E-state index < -0.39 is 11.5 Å². The lowest BCUT2D eigenvalue weighted by atomic mass is 9.86. The normalized spacial score (nSPS) is 26.5. The Bertz CT molecular complexity index is 469. The Morgan fingerprint density at radius 2 is 2.37 bits per heavy atom. The first-order valence-corrected chi connectivity index (χ1v) is 7.79. The van der Waals surface area contributed by atoms with Gasteiger partial charge < -0.3 is 10.8 Å². The molecule has 5 heteroatoms. The number of carboxylic acid groups (broad SMARTS) is 1. The molecule has 0 bridgehead atoms. The molecule has 0 aliphatic heterocycles. The van der Waals surface area contributed by atoms with Crippen LogP contribution >= 0.6 is 23.4 Å². The molecule has 0 amide bonds. The maximum absolute atomic E-state index is 11.3. The van der Waals surface area contributed by atoms with Gasteiger partial charge in [-0.2, -0.15) is 0 Å². The summed E-state index contributed by atoms with van der Waals surface area (Å²) in [6, 6.07) is 7.70. The van der Waals surface area contributed by atoms with Gasteiger partial charge in [0.25, 0.3) is 0 Å². The molecule has 3 nitrogen and oxygen atoms in total. The van der Waals surface area contributed by atoms with Crippen LogP contribution in [0.5, 0.6) is 0 Å². The van der Waals surface area contributed by atoms with Crippen molar-refractivity contribution in [3.05, 3.63) is 29.3 Å². The van der Waals surface area contributed by atoms with Crippen molar-refractivity contribution in [3.8, 4) is 0 Å². The van der Waals surface area contributed by atoms with Crippen LogP contribution in [-0.2, 0) is 4.79 Å². The maximum Gasteiger partial charge on any atom is 0.323 e. The molecule has 0 saturated heterocycles. The topological polar surface area (TPSA) is 63.3 Å². The average molecular weight is 300 g/mol. The molecule has 2 rings (SSSR count). The van der Waals surface area contributed by atoms with E-state index >= 15 is 0 Å². The van der Waals surface area contributed by atoms with Crippen LogP contribution in [0.15, 0.2) is 29.2 Å². The second-order valence-electron chi connectivity index (χ2n) is 5.03. The van der Waals surface area contributed by atoms with E-state index in [1.165, 1.54) is 0 Å². The minimum atomic E-state index is -1.02. The van der Waals surface area contributed by atoms with Crippen LogP contribution in [-0.4, -0.2) is 22.4 Å². The zero-order chi connectivity index (χ0) is 13.9. The molecule has 1 aliphatic carbocycles. The molecule has 104 valence electrons. The predicted octanol–water partition coefficient (Wildman–Crippen LogP) is 3.40. The van der Waals surface area contributed by atoms with Gasteiger partial charge in [-0.05, 0) is 49.1 Å². The van der Waals surface area contributed by atoms with Crippen molar-refractivity contribution < 1.29 is 9.90 Å². The third kappa shape index (κ3) is 3.44. The van der Waals surface area contributed by atoms with E-state index in [4.69, 9.17) is 17.3 Å². The first kappa shape index (κ1) is 14.7. The number of hydrogen-bond donors (Lipinski definition) is 2. The van der Waals surface area contributed by atoms with E-state index in [1.807, 2.05) is 24.3 Å². The van der Waals surface area contributed by atoms with Gasteiger partial charge in [0, 0.05) is 9.92 Å². The number of rotatable bonds is 5. The summed E-state index contributed by atoms with van der Waals surface area (Å²) in [5, 5.41) is 9.97. The first-order chi connectivity index (χ1) is 9.02. The molecule has 1 saturated carbocycles. The standard InChI is InChI=1S/C14H18ClNO2S/c15-11-4-1-5-12(9-11)19-8-6-10-3-2-7-14(10,16)13(17)18/h1,4-5,9-10H,2-3,6-8,16H2,(H,17,18). The Morgan fingerprint density at radius 1 is 1.58 bits per heavy atom. The fourth-order valence-electron chi connectivity index (χ4n) is 2.66. The zero-order valence-corrected chi connectivity index (χ0v) is 12.2. The molecule has 2 unspecified atom stereocenters. The number of benzene rings is 1. The van der Waals surface area contributed by atoms with E-state index in [9.17, 15) is 9.90 Å². The van der Waals surface area contributed by atoms with E-state index in [0.717, 1.165) is 34.9 Å². The van der Waals surface area contributed by atoms with Crippen molar-refractivity contribution >= 4 is 29.3 Å². The molecule has 1 fully saturated rings. The smallest absolute Gasteiger partial charge is 0.323 e. The molecule has 3 N–H and O–H groups in total. The Hall–Kier alpha value is -0.710. The SMILES string of the molecule is NC1(C(=O)O)CCCC1CCSc1cccc(Cl)c1. The number of halogens is 1. The average Bonchev–Trinajstić information content (AvgIpc) is 2.73. The highest BCUT2D eigenvalue weighted by atomic mass is 35.5. The van der Waals surface area contributed by atoms with Gasteiger partial charge in [-0.25, -0.2) is 0 Å². The van der Waals surface area contributed by atoms with Crippen LogP contribution in [0.25, 0.3) is 0 Å². The molecule has 1 aromatic carbocycles. The molecular weight excluding hydrogens is 282 g/mol. The van der Waals surface area contributed by atoms with E-state index in [2.05, 4.69) is 0 Å². The summed E-state index contributed by atoms with van der Waals surface area (Å²) in [7, 11) is 0. The predicted molar refractivity (Wildman–Crippen MR) is 78.7 cm³/mol. The van der Waals surface area contributed by atoms with Crippen molar-refractivity contribution in [1.82, 2.24) is 0 Å².